The summed E-state index contributed by atoms with van der Waals surface area (Å²) in [4.78, 5) is 4.51. The number of rotatable bonds is 5. The van der Waals surface area contributed by atoms with E-state index in [1.165, 1.54) is 25.0 Å². The van der Waals surface area contributed by atoms with Gasteiger partial charge in [0.05, 0.1) is 11.9 Å². The summed E-state index contributed by atoms with van der Waals surface area (Å²) in [7, 11) is 0. The Labute approximate surface area is 147 Å². The SMILES string of the molecule is Cc1nc(Cc2cnn(CC3CC3)c2)c(-c2ccc(F)cc2Br)o1. The third-order valence-electron chi connectivity index (χ3n) is 4.18. The van der Waals surface area contributed by atoms with Gasteiger partial charge in [0, 0.05) is 36.1 Å². The van der Waals surface area contributed by atoms with Crippen molar-refractivity contribution >= 4 is 15.9 Å². The molecule has 1 aliphatic carbocycles. The molecule has 0 amide bonds. The van der Waals surface area contributed by atoms with Gasteiger partial charge < -0.3 is 4.42 Å². The van der Waals surface area contributed by atoms with Crippen molar-refractivity contribution in [3.63, 3.8) is 0 Å². The highest BCUT2D eigenvalue weighted by molar-refractivity contribution is 9.10. The Hall–Kier alpha value is -1.95. The minimum atomic E-state index is -0.287. The molecule has 0 radical (unpaired) electrons. The van der Waals surface area contributed by atoms with Crippen molar-refractivity contribution < 1.29 is 8.81 Å². The summed E-state index contributed by atoms with van der Waals surface area (Å²) in [6, 6.07) is 4.57. The van der Waals surface area contributed by atoms with Gasteiger partial charge >= 0.3 is 0 Å². The van der Waals surface area contributed by atoms with Crippen LogP contribution in [0.4, 0.5) is 4.39 Å². The van der Waals surface area contributed by atoms with Crippen LogP contribution in [-0.2, 0) is 13.0 Å². The average Bonchev–Trinajstić information content (AvgIpc) is 3.11. The Kier molecular flexibility index (Phi) is 4.00. The Morgan fingerprint density at radius 3 is 2.96 bits per heavy atom. The van der Waals surface area contributed by atoms with Gasteiger partial charge in [0.25, 0.3) is 0 Å². The zero-order chi connectivity index (χ0) is 16.7. The molecule has 124 valence electrons. The van der Waals surface area contributed by atoms with Gasteiger partial charge in [-0.15, -0.1) is 0 Å². The first-order valence-corrected chi connectivity index (χ1v) is 8.81. The molecule has 4 nitrogen and oxygen atoms in total. The molecule has 1 aliphatic rings. The van der Waals surface area contributed by atoms with Crippen molar-refractivity contribution in [1.82, 2.24) is 14.8 Å². The number of hydrogen-bond acceptors (Lipinski definition) is 3. The van der Waals surface area contributed by atoms with E-state index in [1.54, 1.807) is 6.07 Å². The van der Waals surface area contributed by atoms with Crippen LogP contribution in [0.2, 0.25) is 0 Å². The van der Waals surface area contributed by atoms with Crippen molar-refractivity contribution in [2.24, 2.45) is 5.92 Å². The first kappa shape index (κ1) is 15.6. The average molecular weight is 390 g/mol. The molecule has 4 rings (SSSR count). The molecule has 24 heavy (non-hydrogen) atoms. The Morgan fingerprint density at radius 2 is 2.21 bits per heavy atom. The van der Waals surface area contributed by atoms with E-state index in [2.05, 4.69) is 32.2 Å². The summed E-state index contributed by atoms with van der Waals surface area (Å²) in [5.41, 5.74) is 2.74. The van der Waals surface area contributed by atoms with E-state index in [-0.39, 0.29) is 5.82 Å². The fraction of sp³-hybridized carbons (Fsp3) is 0.333. The number of oxazole rings is 1. The minimum absolute atomic E-state index is 0.287. The van der Waals surface area contributed by atoms with E-state index in [9.17, 15) is 4.39 Å². The molecular formula is C18H17BrFN3O. The molecular weight excluding hydrogens is 373 g/mol. The van der Waals surface area contributed by atoms with Gasteiger partial charge in [-0.2, -0.15) is 5.10 Å². The molecule has 0 aliphatic heterocycles. The summed E-state index contributed by atoms with van der Waals surface area (Å²) >= 11 is 3.41. The summed E-state index contributed by atoms with van der Waals surface area (Å²) in [5.74, 6) is 1.78. The largest absolute Gasteiger partial charge is 0.441 e. The topological polar surface area (TPSA) is 43.9 Å². The van der Waals surface area contributed by atoms with Gasteiger partial charge in [-0.1, -0.05) is 0 Å². The number of halogens is 2. The summed E-state index contributed by atoms with van der Waals surface area (Å²) in [5, 5.41) is 4.43. The predicted octanol–water partition coefficient (Wildman–Crippen LogP) is 4.75. The van der Waals surface area contributed by atoms with Crippen molar-refractivity contribution in [3.05, 3.63) is 58.0 Å². The number of hydrogen-bond donors (Lipinski definition) is 0. The second-order valence-corrected chi connectivity index (χ2v) is 7.18. The zero-order valence-electron chi connectivity index (χ0n) is 13.3. The van der Waals surface area contributed by atoms with Gasteiger partial charge in [0.1, 0.15) is 5.82 Å². The molecule has 1 fully saturated rings. The fourth-order valence-corrected chi connectivity index (χ4v) is 3.36. The van der Waals surface area contributed by atoms with Crippen LogP contribution in [0.15, 0.2) is 39.5 Å². The maximum absolute atomic E-state index is 13.3. The normalized spacial score (nSPS) is 14.3. The molecule has 0 spiro atoms. The number of aromatic nitrogens is 3. The van der Waals surface area contributed by atoms with Crippen LogP contribution in [0.25, 0.3) is 11.3 Å². The third kappa shape index (κ3) is 3.29. The smallest absolute Gasteiger partial charge is 0.192 e. The van der Waals surface area contributed by atoms with Crippen LogP contribution in [0.3, 0.4) is 0 Å². The second-order valence-electron chi connectivity index (χ2n) is 6.32. The molecule has 1 saturated carbocycles. The van der Waals surface area contributed by atoms with Crippen LogP contribution < -0.4 is 0 Å². The van der Waals surface area contributed by atoms with Crippen molar-refractivity contribution in [1.29, 1.82) is 0 Å². The van der Waals surface area contributed by atoms with E-state index in [4.69, 9.17) is 4.42 Å². The number of nitrogens with zero attached hydrogens (tertiary/aromatic N) is 3. The van der Waals surface area contributed by atoms with Crippen LogP contribution in [0.5, 0.6) is 0 Å². The molecule has 3 aromatic rings. The molecule has 0 atom stereocenters. The highest BCUT2D eigenvalue weighted by atomic mass is 79.9. The van der Waals surface area contributed by atoms with Gasteiger partial charge in [-0.05, 0) is 58.5 Å². The standard InChI is InChI=1S/C18H17BrFN3O/c1-11-22-17(6-13-8-21-23(10-13)9-12-2-3-12)18(24-11)15-5-4-14(20)7-16(15)19/h4-5,7-8,10,12H,2-3,6,9H2,1H3. The number of benzene rings is 1. The lowest BCUT2D eigenvalue weighted by Gasteiger charge is -2.03. The monoisotopic (exact) mass is 389 g/mol. The molecule has 0 unspecified atom stereocenters. The van der Waals surface area contributed by atoms with Gasteiger partial charge in [-0.25, -0.2) is 9.37 Å². The van der Waals surface area contributed by atoms with Gasteiger partial charge in [-0.3, -0.25) is 4.68 Å². The molecule has 0 bridgehead atoms. The molecule has 0 saturated heterocycles. The first-order valence-electron chi connectivity index (χ1n) is 8.01. The van der Waals surface area contributed by atoms with E-state index in [0.29, 0.717) is 22.5 Å². The summed E-state index contributed by atoms with van der Waals surface area (Å²) in [6.45, 7) is 2.81. The maximum Gasteiger partial charge on any atom is 0.192 e. The molecule has 6 heteroatoms. The predicted molar refractivity (Wildman–Crippen MR) is 92.1 cm³/mol. The molecule has 0 N–H and O–H groups in total. The fourth-order valence-electron chi connectivity index (χ4n) is 2.83. The highest BCUT2D eigenvalue weighted by Gasteiger charge is 2.22. The van der Waals surface area contributed by atoms with E-state index < -0.39 is 0 Å². The van der Waals surface area contributed by atoms with Crippen LogP contribution in [0.1, 0.15) is 30.0 Å². The first-order chi connectivity index (χ1) is 11.6. The highest BCUT2D eigenvalue weighted by Crippen LogP contribution is 2.33. The van der Waals surface area contributed by atoms with E-state index >= 15 is 0 Å². The Bertz CT molecular complexity index is 882. The Morgan fingerprint density at radius 1 is 1.38 bits per heavy atom. The van der Waals surface area contributed by atoms with Crippen LogP contribution >= 0.6 is 15.9 Å². The number of aryl methyl sites for hydroxylation is 1. The van der Waals surface area contributed by atoms with E-state index in [1.807, 2.05) is 17.8 Å². The lowest BCUT2D eigenvalue weighted by molar-refractivity contribution is 0.533. The van der Waals surface area contributed by atoms with Crippen LogP contribution in [-0.4, -0.2) is 14.8 Å². The van der Waals surface area contributed by atoms with Gasteiger partial charge in [0.15, 0.2) is 11.7 Å². The van der Waals surface area contributed by atoms with Crippen molar-refractivity contribution in [2.45, 2.75) is 32.7 Å². The summed E-state index contributed by atoms with van der Waals surface area (Å²) < 4.78 is 21.8. The summed E-state index contributed by atoms with van der Waals surface area (Å²) in [6.07, 6.45) is 7.21. The zero-order valence-corrected chi connectivity index (χ0v) is 14.9. The lowest BCUT2D eigenvalue weighted by Crippen LogP contribution is -1.99. The van der Waals surface area contributed by atoms with Crippen LogP contribution in [0, 0.1) is 18.7 Å². The molecule has 1 aromatic carbocycles. The minimum Gasteiger partial charge on any atom is -0.441 e. The van der Waals surface area contributed by atoms with Crippen molar-refractivity contribution in [3.8, 4) is 11.3 Å². The maximum atomic E-state index is 13.3. The molecule has 2 aromatic heterocycles. The Balaban J connectivity index is 1.62. The third-order valence-corrected chi connectivity index (χ3v) is 4.84. The van der Waals surface area contributed by atoms with Gasteiger partial charge in [0.2, 0.25) is 0 Å². The van der Waals surface area contributed by atoms with Crippen molar-refractivity contribution in [2.75, 3.05) is 0 Å². The lowest BCUT2D eigenvalue weighted by atomic mass is 10.1. The molecule has 2 heterocycles. The van der Waals surface area contributed by atoms with E-state index in [0.717, 1.165) is 29.3 Å². The quantitative estimate of drug-likeness (QED) is 0.632. The second kappa shape index (κ2) is 6.16.